The summed E-state index contributed by atoms with van der Waals surface area (Å²) < 4.78 is 1.16. The minimum absolute atomic E-state index is 0.347. The predicted octanol–water partition coefficient (Wildman–Crippen LogP) is 2.84. The van der Waals surface area contributed by atoms with Crippen molar-refractivity contribution >= 4 is 39.0 Å². The van der Waals surface area contributed by atoms with Crippen LogP contribution in [0.5, 0.6) is 0 Å². The molecule has 1 aliphatic rings. The molecular weight excluding hydrogens is 280 g/mol. The first-order chi connectivity index (χ1) is 9.19. The molecule has 4 nitrogen and oxygen atoms in total. The van der Waals surface area contributed by atoms with Gasteiger partial charge in [-0.2, -0.15) is 4.98 Å². The maximum atomic E-state index is 6.07. The van der Waals surface area contributed by atoms with Crippen LogP contribution in [0.25, 0.3) is 10.2 Å². The number of aromatic nitrogens is 2. The maximum absolute atomic E-state index is 6.07. The maximum Gasteiger partial charge on any atom is 0.224 e. The van der Waals surface area contributed by atoms with E-state index in [0.717, 1.165) is 42.0 Å². The van der Waals surface area contributed by atoms with Gasteiger partial charge in [-0.1, -0.05) is 0 Å². The Balaban J connectivity index is 1.96. The molecule has 0 atom stereocenters. The van der Waals surface area contributed by atoms with Gasteiger partial charge in [0, 0.05) is 19.1 Å². The Labute approximate surface area is 121 Å². The van der Waals surface area contributed by atoms with Gasteiger partial charge in [-0.25, -0.2) is 4.98 Å². The minimum atomic E-state index is 0.347. The number of anilines is 1. The molecule has 0 radical (unpaired) electrons. The monoisotopic (exact) mass is 296 g/mol. The van der Waals surface area contributed by atoms with Crippen molar-refractivity contribution in [2.24, 2.45) is 0 Å². The Morgan fingerprint density at radius 3 is 2.79 bits per heavy atom. The third-order valence-electron chi connectivity index (χ3n) is 3.75. The van der Waals surface area contributed by atoms with Gasteiger partial charge in [-0.3, -0.25) is 0 Å². The molecule has 1 aliphatic heterocycles. The quantitative estimate of drug-likeness (QED) is 0.865. The summed E-state index contributed by atoms with van der Waals surface area (Å²) in [6.07, 6.45) is 2.29. The van der Waals surface area contributed by atoms with Crippen molar-refractivity contribution in [1.29, 1.82) is 0 Å². The van der Waals surface area contributed by atoms with Crippen LogP contribution in [0.1, 0.15) is 18.4 Å². The highest BCUT2D eigenvalue weighted by Crippen LogP contribution is 2.33. The zero-order valence-corrected chi connectivity index (χ0v) is 12.7. The van der Waals surface area contributed by atoms with E-state index in [9.17, 15) is 0 Å². The second-order valence-electron chi connectivity index (χ2n) is 4.96. The fourth-order valence-electron chi connectivity index (χ4n) is 2.59. The third-order valence-corrected chi connectivity index (χ3v) is 5.00. The number of thiophene rings is 1. The molecular formula is C13H17ClN4S. The van der Waals surface area contributed by atoms with Crippen LogP contribution in [0.4, 0.5) is 5.82 Å². The third kappa shape index (κ3) is 2.42. The number of fused-ring (bicyclic) bond motifs is 1. The lowest BCUT2D eigenvalue weighted by molar-refractivity contribution is 0.441. The summed E-state index contributed by atoms with van der Waals surface area (Å²) in [4.78, 5) is 11.1. The molecule has 0 amide bonds. The normalized spacial score (nSPS) is 17.3. The van der Waals surface area contributed by atoms with Gasteiger partial charge in [0.05, 0.1) is 10.2 Å². The van der Waals surface area contributed by atoms with E-state index in [2.05, 4.69) is 32.5 Å². The summed E-state index contributed by atoms with van der Waals surface area (Å²) in [6.45, 7) is 4.11. The van der Waals surface area contributed by atoms with E-state index < -0.39 is 0 Å². The van der Waals surface area contributed by atoms with Crippen molar-refractivity contribution in [3.05, 3.63) is 16.2 Å². The van der Waals surface area contributed by atoms with Crippen molar-refractivity contribution in [3.8, 4) is 0 Å². The molecule has 3 heterocycles. The minimum Gasteiger partial charge on any atom is -0.355 e. The first-order valence-electron chi connectivity index (χ1n) is 6.52. The highest BCUT2D eigenvalue weighted by atomic mass is 35.5. The van der Waals surface area contributed by atoms with Gasteiger partial charge in [0.1, 0.15) is 0 Å². The Kier molecular flexibility index (Phi) is 3.60. The molecule has 2 aromatic rings. The molecule has 0 saturated carbocycles. The van der Waals surface area contributed by atoms with Gasteiger partial charge >= 0.3 is 0 Å². The molecule has 0 aromatic carbocycles. The molecule has 3 rings (SSSR count). The van der Waals surface area contributed by atoms with Crippen molar-refractivity contribution in [3.63, 3.8) is 0 Å². The van der Waals surface area contributed by atoms with E-state index in [1.54, 1.807) is 11.3 Å². The van der Waals surface area contributed by atoms with E-state index in [0.29, 0.717) is 11.3 Å². The van der Waals surface area contributed by atoms with Gasteiger partial charge in [-0.05, 0) is 49.4 Å². The second-order valence-corrected chi connectivity index (χ2v) is 6.18. The van der Waals surface area contributed by atoms with E-state index in [4.69, 9.17) is 11.6 Å². The van der Waals surface area contributed by atoms with Crippen LogP contribution in [0.2, 0.25) is 5.28 Å². The van der Waals surface area contributed by atoms with Crippen molar-refractivity contribution < 1.29 is 0 Å². The molecule has 0 spiro atoms. The average Bonchev–Trinajstić information content (AvgIpc) is 2.80. The Morgan fingerprint density at radius 1 is 1.37 bits per heavy atom. The summed E-state index contributed by atoms with van der Waals surface area (Å²) in [5.74, 6) is 1.00. The van der Waals surface area contributed by atoms with E-state index in [1.165, 1.54) is 5.56 Å². The molecule has 0 unspecified atom stereocenters. The second kappa shape index (κ2) is 5.23. The van der Waals surface area contributed by atoms with Crippen LogP contribution in [0.15, 0.2) is 5.38 Å². The van der Waals surface area contributed by atoms with Crippen molar-refractivity contribution in [1.82, 2.24) is 15.3 Å². The molecule has 2 aromatic heterocycles. The van der Waals surface area contributed by atoms with Gasteiger partial charge in [-0.15, -0.1) is 11.3 Å². The fraction of sp³-hybridized carbons (Fsp3) is 0.538. The number of nitrogens with zero attached hydrogens (tertiary/aromatic N) is 3. The molecule has 102 valence electrons. The number of hydrogen-bond donors (Lipinski definition) is 1. The molecule has 6 heteroatoms. The highest BCUT2D eigenvalue weighted by molar-refractivity contribution is 7.18. The first-order valence-corrected chi connectivity index (χ1v) is 7.78. The van der Waals surface area contributed by atoms with E-state index in [-0.39, 0.29) is 0 Å². The van der Waals surface area contributed by atoms with Crippen LogP contribution in [0.3, 0.4) is 0 Å². The number of nitrogens with one attached hydrogen (secondary N) is 1. The summed E-state index contributed by atoms with van der Waals surface area (Å²) in [7, 11) is 2.03. The zero-order chi connectivity index (χ0) is 13.4. The molecule has 19 heavy (non-hydrogen) atoms. The molecule has 0 aliphatic carbocycles. The van der Waals surface area contributed by atoms with Crippen LogP contribution in [0, 0.1) is 6.92 Å². The van der Waals surface area contributed by atoms with Crippen molar-refractivity contribution in [2.75, 3.05) is 25.0 Å². The predicted molar refractivity (Wildman–Crippen MR) is 81.5 cm³/mol. The standard InChI is InChI=1S/C13H17ClN4S/c1-8-7-19-11-10(8)16-13(14)17-12(11)18-5-3-9(15-2)4-6-18/h7,9,15H,3-6H2,1-2H3. The number of aryl methyl sites for hydroxylation is 1. The SMILES string of the molecule is CNC1CCN(c2nc(Cl)nc3c(C)csc23)CC1. The van der Waals surface area contributed by atoms with Gasteiger partial charge in [0.15, 0.2) is 5.82 Å². The molecule has 1 fully saturated rings. The summed E-state index contributed by atoms with van der Waals surface area (Å²) in [6, 6.07) is 0.620. The van der Waals surface area contributed by atoms with Crippen LogP contribution >= 0.6 is 22.9 Å². The zero-order valence-electron chi connectivity index (χ0n) is 11.1. The molecule has 1 saturated heterocycles. The molecule has 1 N–H and O–H groups in total. The Bertz CT molecular complexity index is 590. The van der Waals surface area contributed by atoms with Crippen molar-refractivity contribution in [2.45, 2.75) is 25.8 Å². The lowest BCUT2D eigenvalue weighted by Gasteiger charge is -2.32. The highest BCUT2D eigenvalue weighted by Gasteiger charge is 2.22. The number of halogens is 1. The Morgan fingerprint density at radius 2 is 2.11 bits per heavy atom. The number of piperidine rings is 1. The lowest BCUT2D eigenvalue weighted by atomic mass is 10.1. The summed E-state index contributed by atoms with van der Waals surface area (Å²) >= 11 is 7.78. The smallest absolute Gasteiger partial charge is 0.224 e. The summed E-state index contributed by atoms with van der Waals surface area (Å²) in [5, 5.41) is 5.82. The van der Waals surface area contributed by atoms with Gasteiger partial charge in [0.25, 0.3) is 0 Å². The fourth-order valence-corrected chi connectivity index (χ4v) is 3.75. The van der Waals surface area contributed by atoms with Gasteiger partial charge < -0.3 is 10.2 Å². The number of hydrogen-bond acceptors (Lipinski definition) is 5. The van der Waals surface area contributed by atoms with E-state index >= 15 is 0 Å². The molecule has 0 bridgehead atoms. The largest absolute Gasteiger partial charge is 0.355 e. The lowest BCUT2D eigenvalue weighted by Crippen LogP contribution is -2.41. The topological polar surface area (TPSA) is 41.0 Å². The first kappa shape index (κ1) is 13.1. The summed E-state index contributed by atoms with van der Waals surface area (Å²) in [5.41, 5.74) is 2.17. The van der Waals surface area contributed by atoms with Gasteiger partial charge in [0.2, 0.25) is 5.28 Å². The average molecular weight is 297 g/mol. The number of rotatable bonds is 2. The van der Waals surface area contributed by atoms with E-state index in [1.807, 2.05) is 7.05 Å². The van der Waals surface area contributed by atoms with Crippen LogP contribution in [-0.4, -0.2) is 36.1 Å². The Hall–Kier alpha value is -0.910. The van der Waals surface area contributed by atoms with Crippen LogP contribution in [-0.2, 0) is 0 Å². The van der Waals surface area contributed by atoms with Crippen LogP contribution < -0.4 is 10.2 Å².